The van der Waals surface area contributed by atoms with Crippen LogP contribution in [0.15, 0.2) is 33.7 Å². The van der Waals surface area contributed by atoms with E-state index in [1.54, 1.807) is 0 Å². The van der Waals surface area contributed by atoms with Gasteiger partial charge in [-0.25, -0.2) is 0 Å². The summed E-state index contributed by atoms with van der Waals surface area (Å²) in [5.74, 6) is 1.16. The summed E-state index contributed by atoms with van der Waals surface area (Å²) >= 11 is 3.50. The van der Waals surface area contributed by atoms with Crippen molar-refractivity contribution >= 4 is 21.9 Å². The summed E-state index contributed by atoms with van der Waals surface area (Å²) in [5, 5.41) is 3.29. The van der Waals surface area contributed by atoms with E-state index in [0.29, 0.717) is 17.9 Å². The van der Waals surface area contributed by atoms with Crippen molar-refractivity contribution in [1.82, 2.24) is 5.32 Å². The summed E-state index contributed by atoms with van der Waals surface area (Å²) in [7, 11) is 0. The number of aliphatic imine (C=N–C) groups is 1. The molecule has 1 aromatic rings. The van der Waals surface area contributed by atoms with Crippen LogP contribution in [0, 0.1) is 0 Å². The van der Waals surface area contributed by atoms with Crippen LogP contribution in [0.1, 0.15) is 37.7 Å². The van der Waals surface area contributed by atoms with Crippen LogP contribution >= 0.6 is 15.9 Å². The zero-order chi connectivity index (χ0) is 13.0. The fourth-order valence-electron chi connectivity index (χ4n) is 2.05. The molecule has 0 spiro atoms. The molecule has 0 aliphatic heterocycles. The number of hydrogen-bond acceptors (Lipinski definition) is 1. The molecule has 0 heterocycles. The molecule has 4 heteroatoms. The minimum absolute atomic E-state index is 0.449. The van der Waals surface area contributed by atoms with Crippen LogP contribution in [-0.4, -0.2) is 18.5 Å². The number of nitrogens with one attached hydrogen (secondary N) is 1. The van der Waals surface area contributed by atoms with E-state index in [1.165, 1.54) is 5.56 Å². The number of nitrogens with two attached hydrogens (primary N) is 1. The molecule has 1 aliphatic carbocycles. The monoisotopic (exact) mass is 309 g/mol. The van der Waals surface area contributed by atoms with Gasteiger partial charge in [-0.1, -0.05) is 41.4 Å². The van der Waals surface area contributed by atoms with Gasteiger partial charge in [-0.3, -0.25) is 4.99 Å². The minimum atomic E-state index is 0.449. The maximum atomic E-state index is 5.86. The van der Waals surface area contributed by atoms with Gasteiger partial charge in [-0.2, -0.15) is 0 Å². The largest absolute Gasteiger partial charge is 0.370 e. The Morgan fingerprint density at radius 2 is 2.39 bits per heavy atom. The Balaban J connectivity index is 1.83. The van der Waals surface area contributed by atoms with Crippen molar-refractivity contribution in [2.24, 2.45) is 10.7 Å². The normalized spacial score (nSPS) is 22.9. The third-order valence-electron chi connectivity index (χ3n) is 3.19. The van der Waals surface area contributed by atoms with Crippen molar-refractivity contribution in [3.05, 3.63) is 34.3 Å². The Hall–Kier alpha value is -1.03. The van der Waals surface area contributed by atoms with Crippen molar-refractivity contribution in [3.8, 4) is 0 Å². The lowest BCUT2D eigenvalue weighted by Gasteiger charge is -2.05. The molecule has 1 saturated carbocycles. The third-order valence-corrected chi connectivity index (χ3v) is 3.69. The van der Waals surface area contributed by atoms with Gasteiger partial charge in [0.2, 0.25) is 0 Å². The number of rotatable bonds is 5. The van der Waals surface area contributed by atoms with E-state index < -0.39 is 0 Å². The van der Waals surface area contributed by atoms with E-state index in [9.17, 15) is 0 Å². The van der Waals surface area contributed by atoms with E-state index in [2.05, 4.69) is 57.4 Å². The third kappa shape index (κ3) is 3.73. The highest BCUT2D eigenvalue weighted by Crippen LogP contribution is 2.41. The van der Waals surface area contributed by atoms with E-state index in [-0.39, 0.29) is 0 Å². The van der Waals surface area contributed by atoms with Crippen molar-refractivity contribution in [3.63, 3.8) is 0 Å². The summed E-state index contributed by atoms with van der Waals surface area (Å²) < 4.78 is 1.13. The lowest BCUT2D eigenvalue weighted by atomic mass is 10.1. The number of unbranched alkanes of at least 4 members (excludes halogenated alkanes) is 1. The zero-order valence-corrected chi connectivity index (χ0v) is 12.3. The van der Waals surface area contributed by atoms with Gasteiger partial charge in [0.15, 0.2) is 5.96 Å². The highest BCUT2D eigenvalue weighted by atomic mass is 79.9. The smallest absolute Gasteiger partial charge is 0.188 e. The Bertz CT molecular complexity index is 431. The number of halogens is 1. The van der Waals surface area contributed by atoms with Crippen LogP contribution < -0.4 is 11.1 Å². The standard InChI is InChI=1S/C14H20BrN3/c1-2-3-7-17-14(16)18-13-9-12(13)10-5-4-6-11(15)8-10/h4-6,8,12-13H,2-3,7,9H2,1H3,(H3,16,17,18)/t12-,13+/m0/s1. The van der Waals surface area contributed by atoms with Gasteiger partial charge >= 0.3 is 0 Å². The number of benzene rings is 1. The molecule has 2 atom stereocenters. The first-order chi connectivity index (χ1) is 8.70. The molecule has 1 fully saturated rings. The first kappa shape index (κ1) is 13.4. The Morgan fingerprint density at radius 3 is 3.11 bits per heavy atom. The summed E-state index contributed by atoms with van der Waals surface area (Å²) in [6.45, 7) is 2.98. The van der Waals surface area contributed by atoms with Gasteiger partial charge in [-0.15, -0.1) is 0 Å². The molecule has 3 N–H and O–H groups in total. The van der Waals surface area contributed by atoms with E-state index in [1.807, 2.05) is 0 Å². The number of nitrogens with zero attached hydrogens (tertiary/aromatic N) is 1. The van der Waals surface area contributed by atoms with Crippen molar-refractivity contribution in [2.45, 2.75) is 38.1 Å². The van der Waals surface area contributed by atoms with Crippen LogP contribution in [0.3, 0.4) is 0 Å². The molecule has 1 aliphatic rings. The average molecular weight is 310 g/mol. The molecule has 0 aromatic heterocycles. The second-order valence-electron chi connectivity index (χ2n) is 4.77. The quantitative estimate of drug-likeness (QED) is 0.499. The van der Waals surface area contributed by atoms with Gasteiger partial charge in [0, 0.05) is 23.0 Å². The topological polar surface area (TPSA) is 50.4 Å². The van der Waals surface area contributed by atoms with Crippen LogP contribution in [0.4, 0.5) is 0 Å². The minimum Gasteiger partial charge on any atom is -0.370 e. The molecule has 18 heavy (non-hydrogen) atoms. The molecule has 2 rings (SSSR count). The van der Waals surface area contributed by atoms with Gasteiger partial charge in [0.1, 0.15) is 0 Å². The molecule has 0 unspecified atom stereocenters. The Kier molecular flexibility index (Phi) is 4.64. The van der Waals surface area contributed by atoms with Gasteiger partial charge < -0.3 is 11.1 Å². The summed E-state index contributed by atoms with van der Waals surface area (Å²) in [5.41, 5.74) is 7.22. The average Bonchev–Trinajstić information content (AvgIpc) is 3.08. The van der Waals surface area contributed by atoms with Crippen molar-refractivity contribution in [2.75, 3.05) is 6.54 Å². The number of hydrogen-bond donors (Lipinski definition) is 2. The Labute approximate surface area is 117 Å². The molecular weight excluding hydrogens is 290 g/mol. The lowest BCUT2D eigenvalue weighted by Crippen LogP contribution is -2.34. The Morgan fingerprint density at radius 1 is 1.56 bits per heavy atom. The van der Waals surface area contributed by atoms with Crippen LogP contribution in [0.25, 0.3) is 0 Å². The predicted octanol–water partition coefficient (Wildman–Crippen LogP) is 3.01. The van der Waals surface area contributed by atoms with E-state index >= 15 is 0 Å². The summed E-state index contributed by atoms with van der Waals surface area (Å²) in [4.78, 5) is 4.31. The maximum Gasteiger partial charge on any atom is 0.188 e. The molecule has 1 aromatic carbocycles. The fraction of sp³-hybridized carbons (Fsp3) is 0.500. The number of guanidine groups is 1. The van der Waals surface area contributed by atoms with E-state index in [0.717, 1.165) is 30.3 Å². The molecule has 3 nitrogen and oxygen atoms in total. The summed E-state index contributed by atoms with van der Waals surface area (Å²) in [6.07, 6.45) is 3.39. The predicted molar refractivity (Wildman–Crippen MR) is 79.8 cm³/mol. The van der Waals surface area contributed by atoms with Crippen LogP contribution in [0.2, 0.25) is 0 Å². The molecule has 0 saturated heterocycles. The first-order valence-corrected chi connectivity index (χ1v) is 7.32. The fourth-order valence-corrected chi connectivity index (χ4v) is 2.47. The molecule has 0 amide bonds. The van der Waals surface area contributed by atoms with Crippen molar-refractivity contribution in [1.29, 1.82) is 0 Å². The van der Waals surface area contributed by atoms with Crippen LogP contribution in [-0.2, 0) is 0 Å². The van der Waals surface area contributed by atoms with Gasteiger partial charge in [0.05, 0.1) is 0 Å². The highest BCUT2D eigenvalue weighted by Gasteiger charge is 2.38. The lowest BCUT2D eigenvalue weighted by molar-refractivity contribution is 0.789. The highest BCUT2D eigenvalue weighted by molar-refractivity contribution is 9.10. The van der Waals surface area contributed by atoms with Crippen molar-refractivity contribution < 1.29 is 0 Å². The first-order valence-electron chi connectivity index (χ1n) is 6.52. The maximum absolute atomic E-state index is 5.86. The second-order valence-corrected chi connectivity index (χ2v) is 5.68. The van der Waals surface area contributed by atoms with Crippen LogP contribution in [0.5, 0.6) is 0 Å². The molecule has 0 bridgehead atoms. The van der Waals surface area contributed by atoms with E-state index in [4.69, 9.17) is 5.73 Å². The molecule has 98 valence electrons. The van der Waals surface area contributed by atoms with Gasteiger partial charge in [-0.05, 0) is 30.5 Å². The molecular formula is C14H20BrN3. The second kappa shape index (κ2) is 6.23. The summed E-state index contributed by atoms with van der Waals surface area (Å²) in [6, 6.07) is 8.92. The van der Waals surface area contributed by atoms with Gasteiger partial charge in [0.25, 0.3) is 0 Å². The zero-order valence-electron chi connectivity index (χ0n) is 10.7. The SMILES string of the molecule is CCCCN=C(N)N[C@@H]1C[C@H]1c1cccc(Br)c1. The molecule has 0 radical (unpaired) electrons.